The molecule has 0 spiro atoms. The highest BCUT2D eigenvalue weighted by atomic mass is 32.2. The first-order chi connectivity index (χ1) is 13.3. The van der Waals surface area contributed by atoms with Gasteiger partial charge < -0.3 is 9.64 Å². The van der Waals surface area contributed by atoms with Crippen LogP contribution in [0.5, 0.6) is 5.75 Å². The molecule has 3 rings (SSSR count). The molecule has 1 amide bonds. The molecule has 2 aromatic rings. The van der Waals surface area contributed by atoms with Gasteiger partial charge in [0.2, 0.25) is 15.9 Å². The first-order valence-electron chi connectivity index (χ1n) is 9.30. The van der Waals surface area contributed by atoms with E-state index >= 15 is 0 Å². The van der Waals surface area contributed by atoms with E-state index in [4.69, 9.17) is 4.74 Å². The molecule has 6 nitrogen and oxygen atoms in total. The van der Waals surface area contributed by atoms with Gasteiger partial charge in [-0.15, -0.1) is 0 Å². The van der Waals surface area contributed by atoms with Crippen LogP contribution in [0.2, 0.25) is 0 Å². The molecular weight excluding hydrogens is 376 g/mol. The molecule has 7 heteroatoms. The Morgan fingerprint density at radius 1 is 1.00 bits per heavy atom. The summed E-state index contributed by atoms with van der Waals surface area (Å²) in [7, 11) is -1.96. The Bertz CT molecular complexity index is 964. The fourth-order valence-electron chi connectivity index (χ4n) is 3.33. The molecule has 0 radical (unpaired) electrons. The van der Waals surface area contributed by atoms with Crippen molar-refractivity contribution in [3.8, 4) is 5.75 Å². The number of para-hydroxylation sites is 1. The molecule has 150 valence electrons. The molecule has 0 aromatic heterocycles. The second-order valence-corrected chi connectivity index (χ2v) is 8.96. The molecule has 2 aromatic carbocycles. The van der Waals surface area contributed by atoms with E-state index in [1.54, 1.807) is 24.1 Å². The van der Waals surface area contributed by atoms with Gasteiger partial charge in [-0.2, -0.15) is 4.31 Å². The highest BCUT2D eigenvalue weighted by molar-refractivity contribution is 7.89. The average molecular weight is 403 g/mol. The number of methoxy groups -OCH3 is 1. The zero-order chi connectivity index (χ0) is 20.3. The number of ether oxygens (including phenoxy) is 1. The van der Waals surface area contributed by atoms with E-state index in [1.165, 1.54) is 4.31 Å². The second-order valence-electron chi connectivity index (χ2n) is 7.02. The predicted octanol–water partition coefficient (Wildman–Crippen LogP) is 2.39. The standard InChI is InChI=1S/C21H26N2O4S/c1-16-8-9-19(14-17(16)2)28(25,26)23-12-10-22(11-13-23)21(24)15-18-6-4-5-7-20(18)27-3/h4-9,14H,10-13,15H2,1-3H3. The van der Waals surface area contributed by atoms with Gasteiger partial charge in [0.25, 0.3) is 0 Å². The third kappa shape index (κ3) is 4.20. The maximum Gasteiger partial charge on any atom is 0.243 e. The number of amides is 1. The van der Waals surface area contributed by atoms with Crippen LogP contribution in [0.1, 0.15) is 16.7 Å². The fourth-order valence-corrected chi connectivity index (χ4v) is 4.83. The highest BCUT2D eigenvalue weighted by Crippen LogP contribution is 2.22. The van der Waals surface area contributed by atoms with Crippen LogP contribution in [0.15, 0.2) is 47.4 Å². The van der Waals surface area contributed by atoms with Crippen LogP contribution in [0.3, 0.4) is 0 Å². The molecule has 0 aliphatic carbocycles. The summed E-state index contributed by atoms with van der Waals surface area (Å²) in [6.07, 6.45) is 0.244. The fraction of sp³-hybridized carbons (Fsp3) is 0.381. The lowest BCUT2D eigenvalue weighted by Gasteiger charge is -2.34. The van der Waals surface area contributed by atoms with Crippen molar-refractivity contribution in [1.82, 2.24) is 9.21 Å². The summed E-state index contributed by atoms with van der Waals surface area (Å²) in [5, 5.41) is 0. The normalized spacial score (nSPS) is 15.5. The molecule has 0 unspecified atom stereocenters. The van der Waals surface area contributed by atoms with Crippen molar-refractivity contribution in [2.45, 2.75) is 25.2 Å². The SMILES string of the molecule is COc1ccccc1CC(=O)N1CCN(S(=O)(=O)c2ccc(C)c(C)c2)CC1. The number of sulfonamides is 1. The summed E-state index contributed by atoms with van der Waals surface area (Å²) in [6, 6.07) is 12.6. The quantitative estimate of drug-likeness (QED) is 0.770. The average Bonchev–Trinajstić information content (AvgIpc) is 2.70. The van der Waals surface area contributed by atoms with Gasteiger partial charge in [-0.05, 0) is 43.2 Å². The summed E-state index contributed by atoms with van der Waals surface area (Å²) in [5.74, 6) is 0.666. The number of carbonyl (C=O) groups excluding carboxylic acids is 1. The molecule has 1 aliphatic heterocycles. The summed E-state index contributed by atoms with van der Waals surface area (Å²) in [6.45, 7) is 5.23. The molecule has 0 atom stereocenters. The van der Waals surface area contributed by atoms with E-state index in [0.717, 1.165) is 16.7 Å². The minimum Gasteiger partial charge on any atom is -0.496 e. The van der Waals surface area contributed by atoms with Gasteiger partial charge in [0.1, 0.15) is 5.75 Å². The van der Waals surface area contributed by atoms with E-state index in [1.807, 2.05) is 44.2 Å². The largest absolute Gasteiger partial charge is 0.496 e. The van der Waals surface area contributed by atoms with Crippen LogP contribution in [0, 0.1) is 13.8 Å². The van der Waals surface area contributed by atoms with E-state index in [9.17, 15) is 13.2 Å². The Balaban J connectivity index is 1.65. The molecule has 0 saturated carbocycles. The summed E-state index contributed by atoms with van der Waals surface area (Å²) in [4.78, 5) is 14.7. The monoisotopic (exact) mass is 402 g/mol. The third-order valence-electron chi connectivity index (χ3n) is 5.24. The Kier molecular flexibility index (Phi) is 6.05. The molecule has 1 heterocycles. The number of aryl methyl sites for hydroxylation is 2. The summed E-state index contributed by atoms with van der Waals surface area (Å²) in [5.41, 5.74) is 2.84. The molecule has 0 N–H and O–H groups in total. The number of carbonyl (C=O) groups is 1. The van der Waals surface area contributed by atoms with Crippen LogP contribution < -0.4 is 4.74 Å². The zero-order valence-electron chi connectivity index (χ0n) is 16.5. The molecule has 1 saturated heterocycles. The van der Waals surface area contributed by atoms with Crippen molar-refractivity contribution in [1.29, 1.82) is 0 Å². The molecule has 0 bridgehead atoms. The number of rotatable bonds is 5. The summed E-state index contributed by atoms with van der Waals surface area (Å²) >= 11 is 0. The van der Waals surface area contributed by atoms with E-state index < -0.39 is 10.0 Å². The van der Waals surface area contributed by atoms with Crippen molar-refractivity contribution in [3.63, 3.8) is 0 Å². The Hall–Kier alpha value is -2.38. The number of hydrogen-bond donors (Lipinski definition) is 0. The van der Waals surface area contributed by atoms with Gasteiger partial charge in [0, 0.05) is 31.7 Å². The molecular formula is C21H26N2O4S. The first-order valence-corrected chi connectivity index (χ1v) is 10.7. The molecule has 1 aliphatic rings. The lowest BCUT2D eigenvalue weighted by Crippen LogP contribution is -2.50. The van der Waals surface area contributed by atoms with Crippen LogP contribution in [0.4, 0.5) is 0 Å². The first kappa shape index (κ1) is 20.4. The Labute approximate surface area is 166 Å². The lowest BCUT2D eigenvalue weighted by molar-refractivity contribution is -0.131. The van der Waals surface area contributed by atoms with Crippen LogP contribution in [-0.2, 0) is 21.2 Å². The minimum absolute atomic E-state index is 0.0206. The zero-order valence-corrected chi connectivity index (χ0v) is 17.3. The highest BCUT2D eigenvalue weighted by Gasteiger charge is 2.30. The lowest BCUT2D eigenvalue weighted by atomic mass is 10.1. The predicted molar refractivity (Wildman–Crippen MR) is 108 cm³/mol. The van der Waals surface area contributed by atoms with Gasteiger partial charge in [-0.25, -0.2) is 8.42 Å². The van der Waals surface area contributed by atoms with Crippen molar-refractivity contribution in [3.05, 3.63) is 59.2 Å². The van der Waals surface area contributed by atoms with Crippen LogP contribution in [0.25, 0.3) is 0 Å². The van der Waals surface area contributed by atoms with E-state index in [-0.39, 0.29) is 12.3 Å². The van der Waals surface area contributed by atoms with Crippen molar-refractivity contribution < 1.29 is 17.9 Å². The maximum atomic E-state index is 12.9. The van der Waals surface area contributed by atoms with Crippen molar-refractivity contribution in [2.24, 2.45) is 0 Å². The van der Waals surface area contributed by atoms with Crippen molar-refractivity contribution >= 4 is 15.9 Å². The molecule has 1 fully saturated rings. The minimum atomic E-state index is -3.54. The number of hydrogen-bond acceptors (Lipinski definition) is 4. The topological polar surface area (TPSA) is 66.9 Å². The van der Waals surface area contributed by atoms with Crippen LogP contribution >= 0.6 is 0 Å². The Morgan fingerprint density at radius 2 is 1.68 bits per heavy atom. The van der Waals surface area contributed by atoms with E-state index in [0.29, 0.717) is 36.8 Å². The number of piperazine rings is 1. The maximum absolute atomic E-state index is 12.9. The number of benzene rings is 2. The van der Waals surface area contributed by atoms with Gasteiger partial charge in [0.15, 0.2) is 0 Å². The van der Waals surface area contributed by atoms with Crippen LogP contribution in [-0.4, -0.2) is 56.8 Å². The van der Waals surface area contributed by atoms with Gasteiger partial charge in [-0.1, -0.05) is 24.3 Å². The van der Waals surface area contributed by atoms with E-state index in [2.05, 4.69) is 0 Å². The third-order valence-corrected chi connectivity index (χ3v) is 7.14. The van der Waals surface area contributed by atoms with Gasteiger partial charge in [-0.3, -0.25) is 4.79 Å². The molecule has 28 heavy (non-hydrogen) atoms. The smallest absolute Gasteiger partial charge is 0.243 e. The summed E-state index contributed by atoms with van der Waals surface area (Å²) < 4.78 is 32.6. The Morgan fingerprint density at radius 3 is 2.32 bits per heavy atom. The number of nitrogens with zero attached hydrogens (tertiary/aromatic N) is 2. The second kappa shape index (κ2) is 8.32. The van der Waals surface area contributed by atoms with Gasteiger partial charge >= 0.3 is 0 Å². The van der Waals surface area contributed by atoms with Gasteiger partial charge in [0.05, 0.1) is 18.4 Å². The van der Waals surface area contributed by atoms with Crippen molar-refractivity contribution in [2.75, 3.05) is 33.3 Å².